The summed E-state index contributed by atoms with van der Waals surface area (Å²) in [5.74, 6) is 0.0881. The monoisotopic (exact) mass is 447 g/mol. The van der Waals surface area contributed by atoms with Gasteiger partial charge in [0, 0.05) is 55.5 Å². The van der Waals surface area contributed by atoms with Crippen molar-refractivity contribution in [3.05, 3.63) is 34.9 Å². The third-order valence-corrected chi connectivity index (χ3v) is 7.60. The lowest BCUT2D eigenvalue weighted by Gasteiger charge is -2.34. The number of amides is 3. The highest BCUT2D eigenvalue weighted by Gasteiger charge is 2.48. The normalized spacial score (nSPS) is 25.4. The minimum absolute atomic E-state index is 0.0741. The first-order chi connectivity index (χ1) is 14.7. The lowest BCUT2D eigenvalue weighted by Crippen LogP contribution is -2.46. The number of hydrogen-bond donors (Lipinski definition) is 1. The van der Waals surface area contributed by atoms with Crippen molar-refractivity contribution in [2.24, 2.45) is 11.3 Å². The molecule has 2 aliphatic heterocycles. The molecular formula is C23H30ClN3O4. The molecule has 1 aromatic carbocycles. The Balaban J connectivity index is 1.43. The predicted molar refractivity (Wildman–Crippen MR) is 117 cm³/mol. The van der Waals surface area contributed by atoms with E-state index in [1.165, 1.54) is 4.90 Å². The Morgan fingerprint density at radius 2 is 1.68 bits per heavy atom. The number of rotatable bonds is 4. The van der Waals surface area contributed by atoms with Crippen LogP contribution in [0.5, 0.6) is 0 Å². The fourth-order valence-corrected chi connectivity index (χ4v) is 5.04. The minimum Gasteiger partial charge on any atom is -0.465 e. The highest BCUT2D eigenvalue weighted by molar-refractivity contribution is 6.30. The van der Waals surface area contributed by atoms with Crippen LogP contribution in [0.4, 0.5) is 4.79 Å². The quantitative estimate of drug-likeness (QED) is 0.767. The number of nitrogens with zero attached hydrogens (tertiary/aromatic N) is 3. The van der Waals surface area contributed by atoms with Gasteiger partial charge < -0.3 is 19.8 Å². The van der Waals surface area contributed by atoms with Gasteiger partial charge in [-0.1, -0.05) is 30.7 Å². The Bertz CT molecular complexity index is 862. The summed E-state index contributed by atoms with van der Waals surface area (Å²) in [6, 6.07) is 7.11. The lowest BCUT2D eigenvalue weighted by molar-refractivity contribution is -0.142. The smallest absolute Gasteiger partial charge is 0.407 e. The number of likely N-dealkylation sites (tertiary alicyclic amines) is 2. The number of benzene rings is 1. The second-order valence-corrected chi connectivity index (χ2v) is 9.93. The third-order valence-electron chi connectivity index (χ3n) is 7.35. The molecule has 4 rings (SSSR count). The first-order valence-electron chi connectivity index (χ1n) is 11.0. The van der Waals surface area contributed by atoms with Crippen molar-refractivity contribution in [3.8, 4) is 0 Å². The predicted octanol–water partition coefficient (Wildman–Crippen LogP) is 3.28. The standard InChI is InChI=1S/C23H30ClN3O4/c1-23(9-10-23)21(29)26-11-7-16(8-12-26)20(28)27-13-18(15-3-5-17(24)6-4-15)19(14-27)25(2)22(30)31/h3-6,16,18-19H,7-14H2,1-2H3,(H,30,31)/t18-,19+/m0/s1. The molecule has 3 amide bonds. The molecule has 0 aromatic heterocycles. The average molecular weight is 448 g/mol. The van der Waals surface area contributed by atoms with E-state index in [0.29, 0.717) is 44.0 Å². The van der Waals surface area contributed by atoms with Crippen molar-refractivity contribution in [1.82, 2.24) is 14.7 Å². The van der Waals surface area contributed by atoms with Gasteiger partial charge in [0.05, 0.1) is 6.04 Å². The van der Waals surface area contributed by atoms with Gasteiger partial charge >= 0.3 is 6.09 Å². The molecule has 31 heavy (non-hydrogen) atoms. The van der Waals surface area contributed by atoms with Gasteiger partial charge in [0.2, 0.25) is 11.8 Å². The summed E-state index contributed by atoms with van der Waals surface area (Å²) in [6.45, 7) is 4.13. The molecule has 8 heteroatoms. The first-order valence-corrected chi connectivity index (χ1v) is 11.4. The zero-order chi connectivity index (χ0) is 22.3. The molecule has 168 valence electrons. The van der Waals surface area contributed by atoms with E-state index in [1.807, 2.05) is 28.9 Å². The van der Waals surface area contributed by atoms with Crippen molar-refractivity contribution in [1.29, 1.82) is 0 Å². The van der Waals surface area contributed by atoms with E-state index < -0.39 is 6.09 Å². The van der Waals surface area contributed by atoms with Crippen LogP contribution in [-0.4, -0.2) is 77.0 Å². The molecule has 1 N–H and O–H groups in total. The van der Waals surface area contributed by atoms with E-state index in [2.05, 4.69) is 0 Å². The number of carbonyl (C=O) groups excluding carboxylic acids is 2. The van der Waals surface area contributed by atoms with Crippen LogP contribution in [0.1, 0.15) is 44.1 Å². The molecule has 0 bridgehead atoms. The van der Waals surface area contributed by atoms with E-state index in [9.17, 15) is 19.5 Å². The number of hydrogen-bond acceptors (Lipinski definition) is 3. The summed E-state index contributed by atoms with van der Waals surface area (Å²) in [5, 5.41) is 10.2. The van der Waals surface area contributed by atoms with Crippen LogP contribution in [-0.2, 0) is 9.59 Å². The van der Waals surface area contributed by atoms with Crippen LogP contribution in [0, 0.1) is 11.3 Å². The lowest BCUT2D eigenvalue weighted by atomic mass is 9.93. The topological polar surface area (TPSA) is 81.2 Å². The summed E-state index contributed by atoms with van der Waals surface area (Å²) in [7, 11) is 1.56. The van der Waals surface area contributed by atoms with E-state index >= 15 is 0 Å². The molecule has 1 aliphatic carbocycles. The Morgan fingerprint density at radius 1 is 1.06 bits per heavy atom. The number of halogens is 1. The summed E-state index contributed by atoms with van der Waals surface area (Å²) >= 11 is 6.02. The Hall–Kier alpha value is -2.28. The molecule has 2 heterocycles. The van der Waals surface area contributed by atoms with Gasteiger partial charge in [0.1, 0.15) is 0 Å². The molecule has 1 saturated carbocycles. The van der Waals surface area contributed by atoms with Crippen LogP contribution >= 0.6 is 11.6 Å². The summed E-state index contributed by atoms with van der Waals surface area (Å²) in [5.41, 5.74) is 0.808. The van der Waals surface area contributed by atoms with Gasteiger partial charge in [-0.05, 0) is 43.4 Å². The van der Waals surface area contributed by atoms with Gasteiger partial charge in [-0.2, -0.15) is 0 Å². The van der Waals surface area contributed by atoms with Gasteiger partial charge in [-0.15, -0.1) is 0 Å². The first kappa shape index (κ1) is 21.9. The van der Waals surface area contributed by atoms with Gasteiger partial charge in [0.25, 0.3) is 0 Å². The maximum atomic E-state index is 13.3. The van der Waals surface area contributed by atoms with E-state index in [1.54, 1.807) is 19.2 Å². The fraction of sp³-hybridized carbons (Fsp3) is 0.609. The molecule has 3 aliphatic rings. The van der Waals surface area contributed by atoms with Crippen LogP contribution in [0.3, 0.4) is 0 Å². The van der Waals surface area contributed by atoms with Gasteiger partial charge in [0.15, 0.2) is 0 Å². The number of carboxylic acid groups (broad SMARTS) is 1. The van der Waals surface area contributed by atoms with Crippen LogP contribution in [0.2, 0.25) is 5.02 Å². The molecule has 0 spiro atoms. The Kier molecular flexibility index (Phi) is 5.90. The van der Waals surface area contributed by atoms with Crippen molar-refractivity contribution in [3.63, 3.8) is 0 Å². The Labute approximate surface area is 187 Å². The van der Waals surface area contributed by atoms with E-state index in [4.69, 9.17) is 11.6 Å². The summed E-state index contributed by atoms with van der Waals surface area (Å²) in [4.78, 5) is 42.6. The zero-order valence-electron chi connectivity index (χ0n) is 18.1. The zero-order valence-corrected chi connectivity index (χ0v) is 18.8. The molecule has 1 aromatic rings. The molecule has 0 unspecified atom stereocenters. The largest absolute Gasteiger partial charge is 0.465 e. The molecule has 2 atom stereocenters. The fourth-order valence-electron chi connectivity index (χ4n) is 4.91. The minimum atomic E-state index is -1.00. The van der Waals surface area contributed by atoms with Crippen molar-refractivity contribution < 1.29 is 19.5 Å². The van der Waals surface area contributed by atoms with Crippen LogP contribution < -0.4 is 0 Å². The maximum Gasteiger partial charge on any atom is 0.407 e. The summed E-state index contributed by atoms with van der Waals surface area (Å²) < 4.78 is 0. The summed E-state index contributed by atoms with van der Waals surface area (Å²) in [6.07, 6.45) is 2.26. The SMILES string of the molecule is CN(C(=O)O)[C@@H]1CN(C(=O)C2CCN(C(=O)C3(C)CC3)CC2)C[C@H]1c1ccc(Cl)cc1. The highest BCUT2D eigenvalue weighted by atomic mass is 35.5. The van der Waals surface area contributed by atoms with Gasteiger partial charge in [-0.3, -0.25) is 9.59 Å². The second-order valence-electron chi connectivity index (χ2n) is 9.49. The molecule has 0 radical (unpaired) electrons. The van der Waals surface area contributed by atoms with Crippen molar-refractivity contribution >= 4 is 29.5 Å². The Morgan fingerprint density at radius 3 is 2.23 bits per heavy atom. The highest BCUT2D eigenvalue weighted by Crippen LogP contribution is 2.47. The molecule has 7 nitrogen and oxygen atoms in total. The van der Waals surface area contributed by atoms with Gasteiger partial charge in [-0.25, -0.2) is 4.79 Å². The third kappa shape index (κ3) is 4.38. The molecule has 3 fully saturated rings. The number of carbonyl (C=O) groups is 3. The van der Waals surface area contributed by atoms with E-state index in [-0.39, 0.29) is 35.1 Å². The number of likely N-dealkylation sites (N-methyl/N-ethyl adjacent to an activating group) is 1. The van der Waals surface area contributed by atoms with Crippen molar-refractivity contribution in [2.45, 2.75) is 44.6 Å². The van der Waals surface area contributed by atoms with Crippen LogP contribution in [0.15, 0.2) is 24.3 Å². The second kappa shape index (κ2) is 8.34. The molecule has 2 saturated heterocycles. The molecular weight excluding hydrogens is 418 g/mol. The van der Waals surface area contributed by atoms with Crippen LogP contribution in [0.25, 0.3) is 0 Å². The van der Waals surface area contributed by atoms with Crippen molar-refractivity contribution in [2.75, 3.05) is 33.2 Å². The average Bonchev–Trinajstić information content (AvgIpc) is 3.37. The maximum absolute atomic E-state index is 13.3. The number of piperidine rings is 1. The van der Waals surface area contributed by atoms with E-state index in [0.717, 1.165) is 18.4 Å².